The van der Waals surface area contributed by atoms with Crippen LogP contribution in [0.4, 0.5) is 16.5 Å². The fourth-order valence-electron chi connectivity index (χ4n) is 4.17. The van der Waals surface area contributed by atoms with Crippen molar-refractivity contribution in [3.8, 4) is 22.8 Å². The van der Waals surface area contributed by atoms with Gasteiger partial charge in [0.05, 0.1) is 23.5 Å². The number of amides is 2. The average molecular weight is 685 g/mol. The van der Waals surface area contributed by atoms with Gasteiger partial charge in [-0.15, -0.1) is 11.3 Å². The lowest BCUT2D eigenvalue weighted by molar-refractivity contribution is -0.118. The van der Waals surface area contributed by atoms with Crippen molar-refractivity contribution >= 4 is 61.8 Å². The zero-order valence-corrected chi connectivity index (χ0v) is 27.2. The van der Waals surface area contributed by atoms with Gasteiger partial charge in [0.25, 0.3) is 11.8 Å². The van der Waals surface area contributed by atoms with Crippen molar-refractivity contribution in [1.82, 2.24) is 10.4 Å². The third-order valence-corrected chi connectivity index (χ3v) is 7.91. The molecule has 0 aliphatic rings. The lowest BCUT2D eigenvalue weighted by Crippen LogP contribution is -2.20. The minimum Gasteiger partial charge on any atom is -0.493 e. The molecule has 228 valence electrons. The number of rotatable bonds is 11. The Morgan fingerprint density at radius 3 is 2.27 bits per heavy atom. The van der Waals surface area contributed by atoms with Crippen LogP contribution in [-0.4, -0.2) is 36.7 Å². The number of anilines is 3. The summed E-state index contributed by atoms with van der Waals surface area (Å²) in [6.07, 6.45) is 1.49. The van der Waals surface area contributed by atoms with Crippen LogP contribution in [0.1, 0.15) is 27.0 Å². The molecule has 0 aliphatic heterocycles. The maximum atomic E-state index is 12.7. The highest BCUT2D eigenvalue weighted by Crippen LogP contribution is 2.36. The Morgan fingerprint density at radius 1 is 0.933 bits per heavy atom. The normalized spacial score (nSPS) is 10.8. The van der Waals surface area contributed by atoms with E-state index in [-0.39, 0.29) is 18.4 Å². The van der Waals surface area contributed by atoms with E-state index >= 15 is 0 Å². The summed E-state index contributed by atoms with van der Waals surface area (Å²) >= 11 is 4.99. The quantitative estimate of drug-likeness (QED) is 0.0970. The number of aryl methyl sites for hydroxylation is 2. The second-order valence-corrected chi connectivity index (χ2v) is 11.8. The molecule has 1 heterocycles. The van der Waals surface area contributed by atoms with Crippen LogP contribution in [0, 0.1) is 13.8 Å². The predicted octanol–water partition coefficient (Wildman–Crippen LogP) is 7.72. The average Bonchev–Trinajstić information content (AvgIpc) is 3.51. The lowest BCUT2D eigenvalue weighted by atomic mass is 10.1. The molecule has 0 radical (unpaired) electrons. The summed E-state index contributed by atoms with van der Waals surface area (Å²) in [5, 5.41) is 13.0. The first kappa shape index (κ1) is 31.4. The van der Waals surface area contributed by atoms with Crippen molar-refractivity contribution < 1.29 is 19.1 Å². The number of hydrogen-bond donors (Lipinski definition) is 3. The molecule has 0 fully saturated rings. The van der Waals surface area contributed by atoms with E-state index in [1.54, 1.807) is 24.3 Å². The van der Waals surface area contributed by atoms with E-state index in [2.05, 4.69) is 42.1 Å². The van der Waals surface area contributed by atoms with Gasteiger partial charge in [0, 0.05) is 27.9 Å². The van der Waals surface area contributed by atoms with E-state index < -0.39 is 0 Å². The summed E-state index contributed by atoms with van der Waals surface area (Å²) in [5.41, 5.74) is 9.32. The number of methoxy groups -OCH3 is 1. The highest BCUT2D eigenvalue weighted by Gasteiger charge is 2.14. The number of aromatic nitrogens is 1. The molecule has 9 nitrogen and oxygen atoms in total. The summed E-state index contributed by atoms with van der Waals surface area (Å²) in [5.74, 6) is 0.107. The number of thiazole rings is 1. The molecule has 0 bridgehead atoms. The maximum absolute atomic E-state index is 12.7. The first-order valence-corrected chi connectivity index (χ1v) is 15.5. The molecular weight excluding hydrogens is 654 g/mol. The number of carbonyl (C=O) groups is 2. The SMILES string of the molecule is COc1cc(/C=N/NC(=O)c2ccc(-c3csc(Nc4ccc(C)cc4)n3)cc2)cc(Br)c1OCC(=O)Nc1ccc(C)cc1. The van der Waals surface area contributed by atoms with Crippen molar-refractivity contribution in [1.29, 1.82) is 0 Å². The molecule has 0 atom stereocenters. The van der Waals surface area contributed by atoms with Gasteiger partial charge in [-0.3, -0.25) is 9.59 Å². The molecule has 5 aromatic rings. The number of halogens is 1. The standard InChI is InChI=1S/C34H30BrN5O4S/c1-21-4-12-26(13-5-21)37-31(41)19-44-32-28(35)16-23(17-30(32)43-3)18-36-40-33(42)25-10-8-24(9-11-25)29-20-45-34(39-29)38-27-14-6-22(2)7-15-27/h4-18,20H,19H2,1-3H3,(H,37,41)(H,38,39)(H,40,42)/b36-18+. The number of hydrazone groups is 1. The van der Waals surface area contributed by atoms with Crippen molar-refractivity contribution in [2.45, 2.75) is 13.8 Å². The van der Waals surface area contributed by atoms with Gasteiger partial charge in [0.1, 0.15) is 0 Å². The number of ether oxygens (including phenoxy) is 2. The fourth-order valence-corrected chi connectivity index (χ4v) is 5.49. The number of benzene rings is 4. The second kappa shape index (κ2) is 14.7. The topological polar surface area (TPSA) is 114 Å². The van der Waals surface area contributed by atoms with Gasteiger partial charge in [0.2, 0.25) is 0 Å². The van der Waals surface area contributed by atoms with Crippen LogP contribution in [0.2, 0.25) is 0 Å². The Bertz CT molecular complexity index is 1820. The number of hydrogen-bond acceptors (Lipinski definition) is 8. The molecule has 3 N–H and O–H groups in total. The third kappa shape index (κ3) is 8.55. The number of carbonyl (C=O) groups excluding carboxylic acids is 2. The van der Waals surface area contributed by atoms with E-state index in [1.807, 2.05) is 79.9 Å². The Morgan fingerprint density at radius 2 is 1.60 bits per heavy atom. The molecule has 11 heteroatoms. The Balaban J connectivity index is 1.15. The van der Waals surface area contributed by atoms with Gasteiger partial charge in [-0.1, -0.05) is 47.5 Å². The second-order valence-electron chi connectivity index (χ2n) is 10.0. The Labute approximate surface area is 273 Å². The number of nitrogens with zero attached hydrogens (tertiary/aromatic N) is 2. The molecule has 0 spiro atoms. The zero-order valence-electron chi connectivity index (χ0n) is 24.8. The van der Waals surface area contributed by atoms with Crippen LogP contribution in [0.5, 0.6) is 11.5 Å². The largest absolute Gasteiger partial charge is 0.493 e. The molecule has 0 aliphatic carbocycles. The van der Waals surface area contributed by atoms with Crippen LogP contribution in [0.25, 0.3) is 11.3 Å². The minimum atomic E-state index is -0.358. The monoisotopic (exact) mass is 683 g/mol. The fraction of sp³-hybridized carbons (Fsp3) is 0.118. The summed E-state index contributed by atoms with van der Waals surface area (Å²) in [6.45, 7) is 3.82. The molecule has 1 aromatic heterocycles. The van der Waals surface area contributed by atoms with Crippen molar-refractivity contribution in [2.75, 3.05) is 24.4 Å². The maximum Gasteiger partial charge on any atom is 0.271 e. The summed E-state index contributed by atoms with van der Waals surface area (Å²) in [7, 11) is 1.50. The van der Waals surface area contributed by atoms with Gasteiger partial charge in [0.15, 0.2) is 23.2 Å². The van der Waals surface area contributed by atoms with Crippen LogP contribution in [-0.2, 0) is 4.79 Å². The van der Waals surface area contributed by atoms with Gasteiger partial charge >= 0.3 is 0 Å². The molecule has 2 amide bonds. The van der Waals surface area contributed by atoms with Crippen LogP contribution >= 0.6 is 27.3 Å². The van der Waals surface area contributed by atoms with Crippen LogP contribution in [0.15, 0.2) is 99.9 Å². The zero-order chi connectivity index (χ0) is 31.8. The summed E-state index contributed by atoms with van der Waals surface area (Å²) < 4.78 is 11.8. The Kier molecular flexibility index (Phi) is 10.2. The van der Waals surface area contributed by atoms with Crippen molar-refractivity contribution in [2.24, 2.45) is 5.10 Å². The highest BCUT2D eigenvalue weighted by molar-refractivity contribution is 9.10. The molecule has 5 rings (SSSR count). The molecular formula is C34H30BrN5O4S. The van der Waals surface area contributed by atoms with E-state index in [0.29, 0.717) is 32.8 Å². The first-order chi connectivity index (χ1) is 21.8. The van der Waals surface area contributed by atoms with E-state index in [0.717, 1.165) is 27.6 Å². The predicted molar refractivity (Wildman–Crippen MR) is 183 cm³/mol. The lowest BCUT2D eigenvalue weighted by Gasteiger charge is -2.13. The van der Waals surface area contributed by atoms with Gasteiger partial charge in [-0.2, -0.15) is 5.10 Å². The van der Waals surface area contributed by atoms with E-state index in [9.17, 15) is 9.59 Å². The van der Waals surface area contributed by atoms with E-state index in [1.165, 1.54) is 30.2 Å². The first-order valence-electron chi connectivity index (χ1n) is 13.9. The summed E-state index contributed by atoms with van der Waals surface area (Å²) in [6, 6.07) is 26.2. The van der Waals surface area contributed by atoms with Crippen molar-refractivity contribution in [3.63, 3.8) is 0 Å². The molecule has 0 saturated heterocycles. The molecule has 4 aromatic carbocycles. The molecule has 0 saturated carbocycles. The smallest absolute Gasteiger partial charge is 0.271 e. The minimum absolute atomic E-state index is 0.209. The molecule has 45 heavy (non-hydrogen) atoms. The van der Waals surface area contributed by atoms with Crippen LogP contribution < -0.4 is 25.5 Å². The third-order valence-electron chi connectivity index (χ3n) is 6.56. The van der Waals surface area contributed by atoms with Crippen molar-refractivity contribution in [3.05, 3.63) is 117 Å². The molecule has 0 unspecified atom stereocenters. The Hall–Kier alpha value is -5.00. The summed E-state index contributed by atoms with van der Waals surface area (Å²) in [4.78, 5) is 29.8. The van der Waals surface area contributed by atoms with E-state index in [4.69, 9.17) is 9.47 Å². The highest BCUT2D eigenvalue weighted by atomic mass is 79.9. The number of nitrogens with one attached hydrogen (secondary N) is 3. The van der Waals surface area contributed by atoms with Gasteiger partial charge in [-0.05, 0) is 83.9 Å². The van der Waals surface area contributed by atoms with Gasteiger partial charge < -0.3 is 20.1 Å². The van der Waals surface area contributed by atoms with Gasteiger partial charge in [-0.25, -0.2) is 10.4 Å². The van der Waals surface area contributed by atoms with Crippen LogP contribution in [0.3, 0.4) is 0 Å².